The number of likely N-dealkylation sites (N-methyl/N-ethyl adjacent to an activating group) is 3. The normalized spacial score (nSPS) is 12.1. The minimum Gasteiger partial charge on any atom is -0.317 e. The first-order valence-corrected chi connectivity index (χ1v) is 13.9. The minimum absolute atomic E-state index is 0.999. The molecule has 0 unspecified atom stereocenters. The van der Waals surface area contributed by atoms with E-state index in [-0.39, 0.29) is 0 Å². The molecule has 0 aromatic heterocycles. The molecule has 0 fully saturated rings. The molecule has 0 saturated heterocycles. The van der Waals surface area contributed by atoms with E-state index in [4.69, 9.17) is 0 Å². The monoisotopic (exact) mass is 507 g/mol. The van der Waals surface area contributed by atoms with Crippen LogP contribution in [0.4, 0.5) is 0 Å². The fraction of sp³-hybridized carbons (Fsp3) is 0.314. The second-order valence-corrected chi connectivity index (χ2v) is 11.6. The van der Waals surface area contributed by atoms with Gasteiger partial charge in [0, 0.05) is 35.3 Å². The average Bonchev–Trinajstić information content (AvgIpc) is 2.93. The Labute approximate surface area is 230 Å². The van der Waals surface area contributed by atoms with Crippen molar-refractivity contribution in [1.29, 1.82) is 0 Å². The van der Waals surface area contributed by atoms with Gasteiger partial charge in [0.05, 0.1) is 27.2 Å². The Hall–Kier alpha value is -3.24. The van der Waals surface area contributed by atoms with E-state index in [1.54, 1.807) is 0 Å². The lowest BCUT2D eigenvalue weighted by Crippen LogP contribution is -2.50. The summed E-state index contributed by atoms with van der Waals surface area (Å²) in [5, 5.41) is 0. The topological polar surface area (TPSA) is 3.24 Å². The molecule has 0 radical (unpaired) electrons. The molecule has 0 bridgehead atoms. The first-order chi connectivity index (χ1) is 18.4. The van der Waals surface area contributed by atoms with E-state index in [1.165, 1.54) is 22.3 Å². The molecule has 0 heterocycles. The fourth-order valence-electron chi connectivity index (χ4n) is 5.46. The minimum atomic E-state index is 0.999. The van der Waals surface area contributed by atoms with Gasteiger partial charge in [-0.1, -0.05) is 121 Å². The van der Waals surface area contributed by atoms with Crippen molar-refractivity contribution < 1.29 is 8.97 Å². The zero-order valence-electron chi connectivity index (χ0n) is 23.5. The Morgan fingerprint density at radius 3 is 0.895 bits per heavy atom. The summed E-state index contributed by atoms with van der Waals surface area (Å²) in [6.07, 6.45) is 0. The maximum absolute atomic E-state index is 2.54. The maximum atomic E-state index is 2.54. The molecule has 3 nitrogen and oxygen atoms in total. The zero-order chi connectivity index (χ0) is 26.7. The molecule has 198 valence electrons. The van der Waals surface area contributed by atoms with Crippen molar-refractivity contribution >= 4 is 0 Å². The molecule has 0 aliphatic heterocycles. The van der Waals surface area contributed by atoms with Crippen LogP contribution >= 0.6 is 0 Å². The van der Waals surface area contributed by atoms with Crippen LogP contribution < -0.4 is 0 Å². The number of hydrogen-bond donors (Lipinski definition) is 0. The number of quaternary nitrogens is 2. The number of nitrogens with zero attached hydrogens (tertiary/aromatic N) is 3. The SMILES string of the molecule is CN(CC[N+](C)(Cc1ccccc1)Cc1ccccc1)CC[N+](C)(Cc1ccccc1)Cc1ccccc1. The van der Waals surface area contributed by atoms with Crippen molar-refractivity contribution in [2.45, 2.75) is 26.2 Å². The zero-order valence-corrected chi connectivity index (χ0v) is 23.5. The van der Waals surface area contributed by atoms with Crippen LogP contribution in [-0.2, 0) is 26.2 Å². The highest BCUT2D eigenvalue weighted by Gasteiger charge is 2.26. The van der Waals surface area contributed by atoms with E-state index in [2.05, 4.69) is 147 Å². The molecule has 0 amide bonds. The molecule has 0 aliphatic carbocycles. The average molecular weight is 508 g/mol. The van der Waals surface area contributed by atoms with Crippen LogP contribution in [0.3, 0.4) is 0 Å². The van der Waals surface area contributed by atoms with Crippen LogP contribution in [0.25, 0.3) is 0 Å². The Balaban J connectivity index is 1.41. The summed E-state index contributed by atoms with van der Waals surface area (Å²) < 4.78 is 2.00. The smallest absolute Gasteiger partial charge is 0.104 e. The molecule has 38 heavy (non-hydrogen) atoms. The largest absolute Gasteiger partial charge is 0.317 e. The number of hydrogen-bond acceptors (Lipinski definition) is 1. The van der Waals surface area contributed by atoms with Crippen molar-refractivity contribution in [2.24, 2.45) is 0 Å². The van der Waals surface area contributed by atoms with Crippen molar-refractivity contribution in [3.63, 3.8) is 0 Å². The third-order valence-electron chi connectivity index (χ3n) is 7.67. The molecule has 0 saturated carbocycles. The second-order valence-electron chi connectivity index (χ2n) is 11.6. The highest BCUT2D eigenvalue weighted by atomic mass is 15.4. The Kier molecular flexibility index (Phi) is 9.89. The summed E-state index contributed by atoms with van der Waals surface area (Å²) in [7, 11) is 7.13. The molecule has 0 atom stereocenters. The van der Waals surface area contributed by atoms with Crippen LogP contribution in [0.15, 0.2) is 121 Å². The number of rotatable bonds is 14. The number of benzene rings is 4. The van der Waals surface area contributed by atoms with E-state index in [9.17, 15) is 0 Å². The molecule has 0 spiro atoms. The van der Waals surface area contributed by atoms with Gasteiger partial charge in [-0.15, -0.1) is 0 Å². The summed E-state index contributed by atoms with van der Waals surface area (Å²) in [6, 6.07) is 43.8. The van der Waals surface area contributed by atoms with Gasteiger partial charge in [0.15, 0.2) is 0 Å². The first kappa shape index (κ1) is 27.8. The molecule has 4 aromatic rings. The summed E-state index contributed by atoms with van der Waals surface area (Å²) in [5.74, 6) is 0. The Bertz CT molecular complexity index is 1010. The van der Waals surface area contributed by atoms with Crippen molar-refractivity contribution in [3.8, 4) is 0 Å². The van der Waals surface area contributed by atoms with E-state index < -0.39 is 0 Å². The molecule has 4 aromatic carbocycles. The van der Waals surface area contributed by atoms with Gasteiger partial charge < -0.3 is 8.97 Å². The van der Waals surface area contributed by atoms with Gasteiger partial charge in [-0.25, -0.2) is 0 Å². The Morgan fingerprint density at radius 2 is 0.658 bits per heavy atom. The lowest BCUT2D eigenvalue weighted by molar-refractivity contribution is -0.937. The highest BCUT2D eigenvalue weighted by Crippen LogP contribution is 2.19. The van der Waals surface area contributed by atoms with Crippen LogP contribution in [0.1, 0.15) is 22.3 Å². The fourth-order valence-corrected chi connectivity index (χ4v) is 5.46. The highest BCUT2D eigenvalue weighted by molar-refractivity contribution is 5.16. The molecular formula is C35H45N3+2. The van der Waals surface area contributed by atoms with Gasteiger partial charge in [0.1, 0.15) is 26.2 Å². The van der Waals surface area contributed by atoms with E-state index >= 15 is 0 Å². The van der Waals surface area contributed by atoms with Crippen LogP contribution in [0, 0.1) is 0 Å². The molecule has 0 aliphatic rings. The predicted molar refractivity (Wildman–Crippen MR) is 160 cm³/mol. The molecule has 4 rings (SSSR count). The van der Waals surface area contributed by atoms with E-state index in [0.29, 0.717) is 0 Å². The van der Waals surface area contributed by atoms with Crippen LogP contribution in [0.2, 0.25) is 0 Å². The maximum Gasteiger partial charge on any atom is 0.104 e. The van der Waals surface area contributed by atoms with Gasteiger partial charge in [0.25, 0.3) is 0 Å². The van der Waals surface area contributed by atoms with E-state index in [1.807, 2.05) is 0 Å². The van der Waals surface area contributed by atoms with Crippen LogP contribution in [0.5, 0.6) is 0 Å². The predicted octanol–water partition coefficient (Wildman–Crippen LogP) is 6.61. The summed E-state index contributed by atoms with van der Waals surface area (Å²) in [6.45, 7) is 8.54. The summed E-state index contributed by atoms with van der Waals surface area (Å²) in [5.41, 5.74) is 5.62. The van der Waals surface area contributed by atoms with Crippen molar-refractivity contribution in [2.75, 3.05) is 47.3 Å². The quantitative estimate of drug-likeness (QED) is 0.174. The molecular weight excluding hydrogens is 462 g/mol. The van der Waals surface area contributed by atoms with E-state index in [0.717, 1.165) is 61.3 Å². The standard InChI is InChI=1S/C35H45N3/c1-36(24-26-37(2,28-32-16-8-4-9-17-32)29-33-18-10-5-11-19-33)25-27-38(3,30-34-20-12-6-13-21-34)31-35-22-14-7-15-23-35/h4-23H,24-31H2,1-3H3/q+2. The summed E-state index contributed by atoms with van der Waals surface area (Å²) in [4.78, 5) is 2.54. The van der Waals surface area contributed by atoms with Gasteiger partial charge in [-0.05, 0) is 7.05 Å². The molecule has 0 N–H and O–H groups in total. The second kappa shape index (κ2) is 13.5. The first-order valence-electron chi connectivity index (χ1n) is 13.9. The summed E-state index contributed by atoms with van der Waals surface area (Å²) >= 11 is 0. The van der Waals surface area contributed by atoms with Gasteiger partial charge >= 0.3 is 0 Å². The third-order valence-corrected chi connectivity index (χ3v) is 7.67. The Morgan fingerprint density at radius 1 is 0.421 bits per heavy atom. The van der Waals surface area contributed by atoms with Crippen LogP contribution in [-0.4, -0.2) is 61.2 Å². The lowest BCUT2D eigenvalue weighted by atomic mass is 10.1. The van der Waals surface area contributed by atoms with Gasteiger partial charge in [0.2, 0.25) is 0 Å². The van der Waals surface area contributed by atoms with Gasteiger partial charge in [-0.2, -0.15) is 0 Å². The van der Waals surface area contributed by atoms with Crippen molar-refractivity contribution in [1.82, 2.24) is 4.90 Å². The van der Waals surface area contributed by atoms with Crippen molar-refractivity contribution in [3.05, 3.63) is 144 Å². The van der Waals surface area contributed by atoms with Gasteiger partial charge in [-0.3, -0.25) is 4.90 Å². The molecule has 3 heteroatoms. The third kappa shape index (κ3) is 8.95. The lowest BCUT2D eigenvalue weighted by Gasteiger charge is -2.38.